The molecule has 11 nitrogen and oxygen atoms in total. The van der Waals surface area contributed by atoms with E-state index in [4.69, 9.17) is 17.7 Å². The van der Waals surface area contributed by atoms with E-state index in [-0.39, 0.29) is 0 Å². The summed E-state index contributed by atoms with van der Waals surface area (Å²) in [5.74, 6) is 2.78. The van der Waals surface area contributed by atoms with Gasteiger partial charge in [-0.2, -0.15) is 0 Å². The molecule has 38 heavy (non-hydrogen) atoms. The van der Waals surface area contributed by atoms with Crippen molar-refractivity contribution in [2.45, 2.75) is 0 Å². The lowest BCUT2D eigenvalue weighted by Crippen LogP contribution is -1.87. The lowest BCUT2D eigenvalue weighted by molar-refractivity contribution is 0.568. The average Bonchev–Trinajstić information content (AvgIpc) is 3.80. The van der Waals surface area contributed by atoms with Crippen molar-refractivity contribution in [3.05, 3.63) is 92.2 Å². The molecule has 0 aliphatic heterocycles. The molecule has 7 heterocycles. The predicted molar refractivity (Wildman–Crippen MR) is 133 cm³/mol. The smallest absolute Gasteiger partial charge is 0.245 e. The topological polar surface area (TPSA) is 143 Å². The molecule has 0 saturated carbocycles. The van der Waals surface area contributed by atoms with Gasteiger partial charge in [-0.05, 0) is 36.4 Å². The highest BCUT2D eigenvalue weighted by atomic mass is 16.4. The van der Waals surface area contributed by atoms with E-state index in [0.717, 1.165) is 0 Å². The maximum atomic E-state index is 5.99. The van der Waals surface area contributed by atoms with Gasteiger partial charge in [0.15, 0.2) is 35.8 Å². The minimum atomic E-state index is 0.355. The molecule has 7 aromatic rings. The van der Waals surface area contributed by atoms with Gasteiger partial charge in [-0.3, -0.25) is 0 Å². The van der Waals surface area contributed by atoms with Crippen LogP contribution >= 0.6 is 0 Å². The Morgan fingerprint density at radius 1 is 0.421 bits per heavy atom. The van der Waals surface area contributed by atoms with E-state index < -0.39 is 0 Å². The Morgan fingerprint density at radius 2 is 0.816 bits per heavy atom. The molecule has 0 amide bonds. The van der Waals surface area contributed by atoms with Crippen LogP contribution in [0.2, 0.25) is 0 Å². The summed E-state index contributed by atoms with van der Waals surface area (Å²) in [4.78, 5) is 30.5. The van der Waals surface area contributed by atoms with Gasteiger partial charge < -0.3 is 17.7 Å². The summed E-state index contributed by atoms with van der Waals surface area (Å²) in [6.07, 6.45) is 9.12. The summed E-state index contributed by atoms with van der Waals surface area (Å²) >= 11 is 0. The van der Waals surface area contributed by atoms with E-state index in [2.05, 4.69) is 34.9 Å². The van der Waals surface area contributed by atoms with Crippen LogP contribution in [0.25, 0.3) is 69.0 Å². The Kier molecular flexibility index (Phi) is 5.14. The molecule has 0 radical (unpaired) electrons. The number of aromatic nitrogens is 7. The first-order chi connectivity index (χ1) is 18.8. The van der Waals surface area contributed by atoms with Gasteiger partial charge in [0.1, 0.15) is 34.2 Å². The zero-order chi connectivity index (χ0) is 25.3. The summed E-state index contributed by atoms with van der Waals surface area (Å²) in [6.45, 7) is 0. The molecule has 0 spiro atoms. The van der Waals surface area contributed by atoms with Gasteiger partial charge in [-0.1, -0.05) is 18.2 Å². The molecule has 0 fully saturated rings. The first kappa shape index (κ1) is 21.6. The molecule has 7 rings (SSSR count). The number of pyridine rings is 3. The third-order valence-electron chi connectivity index (χ3n) is 5.57. The fraction of sp³-hybridized carbons (Fsp3) is 0. The Bertz CT molecular complexity index is 1710. The summed E-state index contributed by atoms with van der Waals surface area (Å²) in [7, 11) is 0. The van der Waals surface area contributed by atoms with Crippen LogP contribution in [0.3, 0.4) is 0 Å². The number of hydrogen-bond acceptors (Lipinski definition) is 11. The van der Waals surface area contributed by atoms with E-state index in [1.165, 1.54) is 12.8 Å². The standard InChI is InChI=1S/C27H15N7O4/c1-6-18(24-12-30-26(37-24)20-8-2-4-16(33-20)22-10-28-14-35-22)32-19(7-1)25-13-31-27(38-25)21-9-3-5-17(34-21)23-11-29-15-36-23/h1-15H. The van der Waals surface area contributed by atoms with Crippen LogP contribution in [0, 0.1) is 0 Å². The molecule has 11 heteroatoms. The molecule has 0 saturated heterocycles. The van der Waals surface area contributed by atoms with Gasteiger partial charge in [0.05, 0.1) is 24.8 Å². The number of hydrogen-bond donors (Lipinski definition) is 0. The Labute approximate surface area is 213 Å². The van der Waals surface area contributed by atoms with Crippen LogP contribution in [0.15, 0.2) is 110 Å². The maximum Gasteiger partial charge on any atom is 0.245 e. The second-order valence-corrected chi connectivity index (χ2v) is 8.01. The molecular weight excluding hydrogens is 486 g/mol. The number of nitrogens with zero attached hydrogens (tertiary/aromatic N) is 7. The van der Waals surface area contributed by atoms with Crippen molar-refractivity contribution >= 4 is 0 Å². The number of oxazole rings is 4. The molecule has 0 aliphatic carbocycles. The fourth-order valence-electron chi connectivity index (χ4n) is 3.80. The van der Waals surface area contributed by atoms with E-state index in [9.17, 15) is 0 Å². The molecule has 0 bridgehead atoms. The quantitative estimate of drug-likeness (QED) is 0.272. The van der Waals surface area contributed by atoms with Gasteiger partial charge in [0, 0.05) is 0 Å². The van der Waals surface area contributed by atoms with Gasteiger partial charge in [-0.15, -0.1) is 0 Å². The van der Waals surface area contributed by atoms with Gasteiger partial charge in [0.2, 0.25) is 11.8 Å². The first-order valence-electron chi connectivity index (χ1n) is 11.4. The highest BCUT2D eigenvalue weighted by molar-refractivity contribution is 5.64. The molecule has 182 valence electrons. The first-order valence-corrected chi connectivity index (χ1v) is 11.4. The van der Waals surface area contributed by atoms with Crippen molar-refractivity contribution in [1.29, 1.82) is 0 Å². The molecule has 0 aliphatic rings. The lowest BCUT2D eigenvalue weighted by Gasteiger charge is -2.01. The van der Waals surface area contributed by atoms with Crippen molar-refractivity contribution in [3.63, 3.8) is 0 Å². The minimum Gasteiger partial charge on any atom is -0.442 e. The zero-order valence-corrected chi connectivity index (χ0v) is 19.4. The van der Waals surface area contributed by atoms with Crippen molar-refractivity contribution in [2.75, 3.05) is 0 Å². The van der Waals surface area contributed by atoms with Crippen LogP contribution in [0.1, 0.15) is 0 Å². The van der Waals surface area contributed by atoms with Gasteiger partial charge in [-0.25, -0.2) is 34.9 Å². The van der Waals surface area contributed by atoms with Gasteiger partial charge in [0.25, 0.3) is 0 Å². The Morgan fingerprint density at radius 3 is 1.24 bits per heavy atom. The molecule has 0 unspecified atom stereocenters. The van der Waals surface area contributed by atoms with Crippen LogP contribution < -0.4 is 0 Å². The van der Waals surface area contributed by atoms with E-state index in [0.29, 0.717) is 69.0 Å². The molecule has 0 atom stereocenters. The monoisotopic (exact) mass is 501 g/mol. The normalized spacial score (nSPS) is 11.2. The van der Waals surface area contributed by atoms with E-state index in [1.807, 2.05) is 42.5 Å². The highest BCUT2D eigenvalue weighted by Crippen LogP contribution is 2.29. The highest BCUT2D eigenvalue weighted by Gasteiger charge is 2.16. The minimum absolute atomic E-state index is 0.355. The van der Waals surface area contributed by atoms with Crippen LogP contribution in [0.5, 0.6) is 0 Å². The molecular formula is C27H15N7O4. The van der Waals surface area contributed by atoms with E-state index in [1.54, 1.807) is 36.9 Å². The summed E-state index contributed by atoms with van der Waals surface area (Å²) in [5, 5.41) is 0. The van der Waals surface area contributed by atoms with Crippen molar-refractivity contribution in [3.8, 4) is 69.0 Å². The second kappa shape index (κ2) is 9.06. The summed E-state index contributed by atoms with van der Waals surface area (Å²) in [5.41, 5.74) is 3.53. The zero-order valence-electron chi connectivity index (χ0n) is 19.4. The molecule has 7 aromatic heterocycles. The summed E-state index contributed by atoms with van der Waals surface area (Å²) < 4.78 is 22.6. The largest absolute Gasteiger partial charge is 0.442 e. The maximum absolute atomic E-state index is 5.99. The number of rotatable bonds is 6. The van der Waals surface area contributed by atoms with Crippen molar-refractivity contribution in [2.24, 2.45) is 0 Å². The Hall–Kier alpha value is -5.71. The molecule has 0 N–H and O–H groups in total. The molecule has 0 aromatic carbocycles. The third kappa shape index (κ3) is 4.03. The Balaban J connectivity index is 1.16. The lowest BCUT2D eigenvalue weighted by atomic mass is 10.2. The second-order valence-electron chi connectivity index (χ2n) is 8.01. The third-order valence-corrected chi connectivity index (χ3v) is 5.57. The predicted octanol–water partition coefficient (Wildman–Crippen LogP) is 5.83. The summed E-state index contributed by atoms with van der Waals surface area (Å²) in [6, 6.07) is 16.5. The fourth-order valence-corrected chi connectivity index (χ4v) is 3.80. The van der Waals surface area contributed by atoms with Crippen molar-refractivity contribution < 1.29 is 17.7 Å². The van der Waals surface area contributed by atoms with Crippen LogP contribution in [-0.2, 0) is 0 Å². The SMILES string of the molecule is c1cc(-c2cnc(-c3cccc(-c4cnco4)n3)o2)nc(-c2cnc(-c3cccc(-c4cnco4)n3)o2)c1. The van der Waals surface area contributed by atoms with Crippen LogP contribution in [0.4, 0.5) is 0 Å². The van der Waals surface area contributed by atoms with E-state index >= 15 is 0 Å². The van der Waals surface area contributed by atoms with Crippen LogP contribution in [-0.4, -0.2) is 34.9 Å². The average molecular weight is 501 g/mol. The van der Waals surface area contributed by atoms with Gasteiger partial charge >= 0.3 is 0 Å². The van der Waals surface area contributed by atoms with Crippen molar-refractivity contribution in [1.82, 2.24) is 34.9 Å².